The van der Waals surface area contributed by atoms with E-state index >= 15 is 0 Å². The lowest BCUT2D eigenvalue weighted by atomic mass is 10.2. The predicted molar refractivity (Wildman–Crippen MR) is 74.1 cm³/mol. The fourth-order valence-electron chi connectivity index (χ4n) is 1.48. The highest BCUT2D eigenvalue weighted by atomic mass is 35.5. The Morgan fingerprint density at radius 2 is 1.68 bits per heavy atom. The molecule has 0 amide bonds. The van der Waals surface area contributed by atoms with Gasteiger partial charge in [-0.3, -0.25) is 0 Å². The lowest BCUT2D eigenvalue weighted by molar-refractivity contribution is 0.0234. The lowest BCUT2D eigenvalue weighted by Gasteiger charge is -2.06. The molecule has 0 saturated carbocycles. The van der Waals surface area contributed by atoms with Crippen molar-refractivity contribution in [1.82, 2.24) is 5.48 Å². The summed E-state index contributed by atoms with van der Waals surface area (Å²) in [7, 11) is 0. The number of carbonyl (C=O) groups excluding carboxylic acids is 1. The van der Waals surface area contributed by atoms with Gasteiger partial charge in [-0.1, -0.05) is 42.5 Å². The van der Waals surface area contributed by atoms with Gasteiger partial charge in [-0.2, -0.15) is 0 Å². The van der Waals surface area contributed by atoms with Crippen molar-refractivity contribution in [2.45, 2.75) is 6.54 Å². The SMILES string of the molecule is Cl.O=C(ONCc1ccccc1)c1ccccc1O. The summed E-state index contributed by atoms with van der Waals surface area (Å²) in [4.78, 5) is 16.5. The smallest absolute Gasteiger partial charge is 0.360 e. The van der Waals surface area contributed by atoms with E-state index in [4.69, 9.17) is 4.84 Å². The van der Waals surface area contributed by atoms with E-state index in [-0.39, 0.29) is 23.7 Å². The second kappa shape index (κ2) is 7.41. The largest absolute Gasteiger partial charge is 0.507 e. The average molecular weight is 280 g/mol. The number of aromatic hydroxyl groups is 1. The number of halogens is 1. The first-order valence-electron chi connectivity index (χ1n) is 5.53. The minimum Gasteiger partial charge on any atom is -0.507 e. The van der Waals surface area contributed by atoms with Gasteiger partial charge in [-0.25, -0.2) is 4.79 Å². The van der Waals surface area contributed by atoms with E-state index < -0.39 is 5.97 Å². The first-order valence-corrected chi connectivity index (χ1v) is 5.53. The van der Waals surface area contributed by atoms with E-state index in [1.165, 1.54) is 12.1 Å². The normalized spacial score (nSPS) is 9.47. The number of phenols is 1. The zero-order valence-corrected chi connectivity index (χ0v) is 10.9. The third-order valence-electron chi connectivity index (χ3n) is 2.41. The Bertz CT molecular complexity index is 531. The van der Waals surface area contributed by atoms with Crippen LogP contribution in [0.1, 0.15) is 15.9 Å². The molecule has 5 heteroatoms. The van der Waals surface area contributed by atoms with Gasteiger partial charge in [-0.05, 0) is 17.7 Å². The lowest BCUT2D eigenvalue weighted by Crippen LogP contribution is -2.19. The standard InChI is InChI=1S/C14H13NO3.ClH/c16-13-9-5-4-8-12(13)14(17)18-15-10-11-6-2-1-3-7-11;/h1-9,15-16H,10H2;1H. The predicted octanol–water partition coefficient (Wildman–Crippen LogP) is 2.68. The van der Waals surface area contributed by atoms with Gasteiger partial charge < -0.3 is 9.94 Å². The van der Waals surface area contributed by atoms with Crippen LogP contribution in [0.15, 0.2) is 54.6 Å². The monoisotopic (exact) mass is 279 g/mol. The molecule has 2 aromatic carbocycles. The summed E-state index contributed by atoms with van der Waals surface area (Å²) in [5.41, 5.74) is 3.71. The number of hydrogen-bond donors (Lipinski definition) is 2. The second-order valence-electron chi connectivity index (χ2n) is 3.71. The third kappa shape index (κ3) is 4.28. The van der Waals surface area contributed by atoms with E-state index in [9.17, 15) is 9.90 Å². The Kier molecular flexibility index (Phi) is 5.85. The first kappa shape index (κ1) is 15.0. The molecule has 2 aromatic rings. The van der Waals surface area contributed by atoms with Crippen LogP contribution in [-0.4, -0.2) is 11.1 Å². The average Bonchev–Trinajstić information content (AvgIpc) is 2.40. The van der Waals surface area contributed by atoms with Crippen LogP contribution in [0.2, 0.25) is 0 Å². The van der Waals surface area contributed by atoms with Crippen LogP contribution in [-0.2, 0) is 11.4 Å². The number of hydroxylamine groups is 1. The van der Waals surface area contributed by atoms with E-state index in [0.29, 0.717) is 6.54 Å². The van der Waals surface area contributed by atoms with E-state index in [0.717, 1.165) is 5.56 Å². The highest BCUT2D eigenvalue weighted by Gasteiger charge is 2.11. The highest BCUT2D eigenvalue weighted by molar-refractivity contribution is 5.92. The number of benzene rings is 2. The van der Waals surface area contributed by atoms with Crippen molar-refractivity contribution < 1.29 is 14.7 Å². The molecule has 0 heterocycles. The molecule has 2 rings (SSSR count). The molecule has 0 aromatic heterocycles. The summed E-state index contributed by atoms with van der Waals surface area (Å²) in [6.45, 7) is 0.417. The number of phenolic OH excluding ortho intramolecular Hbond substituents is 1. The number of nitrogens with one attached hydrogen (secondary N) is 1. The zero-order valence-electron chi connectivity index (χ0n) is 10.1. The summed E-state index contributed by atoms with van der Waals surface area (Å²) < 4.78 is 0. The van der Waals surface area contributed by atoms with Crippen LogP contribution in [0.5, 0.6) is 5.75 Å². The van der Waals surface area contributed by atoms with Crippen molar-refractivity contribution in [3.8, 4) is 5.75 Å². The topological polar surface area (TPSA) is 58.6 Å². The van der Waals surface area contributed by atoms with Gasteiger partial charge in [0.15, 0.2) is 0 Å². The van der Waals surface area contributed by atoms with Crippen molar-refractivity contribution >= 4 is 18.4 Å². The molecule has 0 fully saturated rings. The minimum atomic E-state index is -0.607. The van der Waals surface area contributed by atoms with Crippen LogP contribution in [0.3, 0.4) is 0 Å². The van der Waals surface area contributed by atoms with Crippen molar-refractivity contribution in [2.75, 3.05) is 0 Å². The Hall–Kier alpha value is -2.04. The molecule has 0 saturated heterocycles. The van der Waals surface area contributed by atoms with Crippen molar-refractivity contribution in [3.63, 3.8) is 0 Å². The van der Waals surface area contributed by atoms with Gasteiger partial charge in [0.2, 0.25) is 0 Å². The summed E-state index contributed by atoms with van der Waals surface area (Å²) in [6, 6.07) is 15.8. The number of hydrogen-bond acceptors (Lipinski definition) is 4. The fraction of sp³-hybridized carbons (Fsp3) is 0.0714. The minimum absolute atomic E-state index is 0. The second-order valence-corrected chi connectivity index (χ2v) is 3.71. The molecular formula is C14H14ClNO3. The van der Waals surface area contributed by atoms with Crippen LogP contribution in [0, 0.1) is 0 Å². The summed E-state index contributed by atoms with van der Waals surface area (Å²) in [5, 5.41) is 9.47. The zero-order chi connectivity index (χ0) is 12.8. The van der Waals surface area contributed by atoms with Crippen molar-refractivity contribution in [3.05, 3.63) is 65.7 Å². The van der Waals surface area contributed by atoms with E-state index in [1.54, 1.807) is 12.1 Å². The van der Waals surface area contributed by atoms with Gasteiger partial charge in [0.05, 0.1) is 6.54 Å². The molecule has 0 unspecified atom stereocenters. The van der Waals surface area contributed by atoms with Gasteiger partial charge in [0, 0.05) is 0 Å². The number of para-hydroxylation sites is 1. The maximum atomic E-state index is 11.6. The fourth-order valence-corrected chi connectivity index (χ4v) is 1.48. The maximum Gasteiger partial charge on any atom is 0.360 e. The van der Waals surface area contributed by atoms with Gasteiger partial charge >= 0.3 is 5.97 Å². The highest BCUT2D eigenvalue weighted by Crippen LogP contribution is 2.15. The molecule has 2 N–H and O–H groups in total. The molecule has 0 atom stereocenters. The van der Waals surface area contributed by atoms with E-state index in [1.807, 2.05) is 30.3 Å². The molecule has 100 valence electrons. The quantitative estimate of drug-likeness (QED) is 0.845. The van der Waals surface area contributed by atoms with Crippen LogP contribution in [0.4, 0.5) is 0 Å². The van der Waals surface area contributed by atoms with Gasteiger partial charge in [0.25, 0.3) is 0 Å². The van der Waals surface area contributed by atoms with Crippen LogP contribution in [0.25, 0.3) is 0 Å². The molecular weight excluding hydrogens is 266 g/mol. The molecule has 0 bridgehead atoms. The maximum absolute atomic E-state index is 11.6. The Balaban J connectivity index is 0.00000180. The van der Waals surface area contributed by atoms with Crippen molar-refractivity contribution in [1.29, 1.82) is 0 Å². The Labute approximate surface area is 117 Å². The van der Waals surface area contributed by atoms with Crippen molar-refractivity contribution in [2.24, 2.45) is 0 Å². The summed E-state index contributed by atoms with van der Waals surface area (Å²) >= 11 is 0. The van der Waals surface area contributed by atoms with Gasteiger partial charge in [-0.15, -0.1) is 17.9 Å². The summed E-state index contributed by atoms with van der Waals surface area (Å²) in [5.74, 6) is -0.701. The van der Waals surface area contributed by atoms with E-state index in [2.05, 4.69) is 5.48 Å². The molecule has 0 aliphatic rings. The molecule has 0 aliphatic carbocycles. The number of rotatable bonds is 4. The molecule has 4 nitrogen and oxygen atoms in total. The van der Waals surface area contributed by atoms with Crippen LogP contribution < -0.4 is 5.48 Å². The molecule has 0 aliphatic heterocycles. The molecule has 0 spiro atoms. The molecule has 0 radical (unpaired) electrons. The Morgan fingerprint density at radius 1 is 1.05 bits per heavy atom. The first-order chi connectivity index (χ1) is 8.77. The number of carbonyl (C=O) groups is 1. The summed E-state index contributed by atoms with van der Waals surface area (Å²) in [6.07, 6.45) is 0. The molecule has 19 heavy (non-hydrogen) atoms. The Morgan fingerprint density at radius 3 is 2.37 bits per heavy atom. The van der Waals surface area contributed by atoms with Gasteiger partial charge in [0.1, 0.15) is 11.3 Å². The third-order valence-corrected chi connectivity index (χ3v) is 2.41. The van der Waals surface area contributed by atoms with Crippen LogP contribution >= 0.6 is 12.4 Å².